The Balaban J connectivity index is 1.60. The van der Waals surface area contributed by atoms with Gasteiger partial charge in [0.25, 0.3) is 11.5 Å². The number of methoxy groups -OCH3 is 1. The van der Waals surface area contributed by atoms with Gasteiger partial charge in [0.2, 0.25) is 5.91 Å². The molecule has 0 bridgehead atoms. The van der Waals surface area contributed by atoms with Crippen molar-refractivity contribution in [1.82, 2.24) is 14.4 Å². The fourth-order valence-corrected chi connectivity index (χ4v) is 5.89. The van der Waals surface area contributed by atoms with E-state index in [2.05, 4.69) is 13.8 Å². The third-order valence-electron chi connectivity index (χ3n) is 7.58. The number of carbonyl (C=O) groups is 2. The molecule has 1 atom stereocenters. The van der Waals surface area contributed by atoms with E-state index in [4.69, 9.17) is 4.74 Å². The number of rotatable bonds is 7. The van der Waals surface area contributed by atoms with E-state index in [0.29, 0.717) is 49.6 Å². The Kier molecular flexibility index (Phi) is 6.66. The number of hydrogen-bond acceptors (Lipinski definition) is 5. The van der Waals surface area contributed by atoms with E-state index in [1.807, 2.05) is 21.7 Å². The van der Waals surface area contributed by atoms with E-state index in [9.17, 15) is 14.4 Å². The quantitative estimate of drug-likeness (QED) is 0.621. The van der Waals surface area contributed by atoms with E-state index in [1.54, 1.807) is 27.9 Å². The van der Waals surface area contributed by atoms with Gasteiger partial charge >= 0.3 is 0 Å². The van der Waals surface area contributed by atoms with Gasteiger partial charge in [-0.1, -0.05) is 13.8 Å². The molecule has 1 fully saturated rings. The highest BCUT2D eigenvalue weighted by Gasteiger charge is 2.56. The maximum Gasteiger partial charge on any atom is 0.259 e. The second kappa shape index (κ2) is 9.33. The number of amides is 2. The first-order valence-corrected chi connectivity index (χ1v) is 12.7. The van der Waals surface area contributed by atoms with Crippen LogP contribution in [0, 0.1) is 11.3 Å². The van der Waals surface area contributed by atoms with Gasteiger partial charge in [-0.3, -0.25) is 14.4 Å². The SMILES string of the molecule is CCC1(CC)C[C@H]1C(=O)N1CCc2c(C(=O)N(C)Cc3ccsc3)c(OC)cc(=O)n2CC1. The van der Waals surface area contributed by atoms with Crippen molar-refractivity contribution in [2.75, 3.05) is 27.2 Å². The van der Waals surface area contributed by atoms with Crippen molar-refractivity contribution in [3.63, 3.8) is 0 Å². The van der Waals surface area contributed by atoms with Crippen LogP contribution in [0.2, 0.25) is 0 Å². The lowest BCUT2D eigenvalue weighted by Gasteiger charge is -2.22. The number of aromatic nitrogens is 1. The van der Waals surface area contributed by atoms with Gasteiger partial charge in [-0.15, -0.1) is 0 Å². The molecule has 178 valence electrons. The fraction of sp³-hybridized carbons (Fsp3) is 0.560. The maximum absolute atomic E-state index is 13.5. The number of pyridine rings is 1. The Hall–Kier alpha value is -2.61. The third kappa shape index (κ3) is 4.33. The molecule has 33 heavy (non-hydrogen) atoms. The smallest absolute Gasteiger partial charge is 0.259 e. The van der Waals surface area contributed by atoms with Crippen molar-refractivity contribution in [3.05, 3.63) is 50.1 Å². The first-order chi connectivity index (χ1) is 15.8. The Morgan fingerprint density at radius 2 is 2.00 bits per heavy atom. The van der Waals surface area contributed by atoms with Crippen LogP contribution < -0.4 is 10.3 Å². The van der Waals surface area contributed by atoms with Crippen LogP contribution in [0.4, 0.5) is 0 Å². The lowest BCUT2D eigenvalue weighted by Crippen LogP contribution is -2.36. The summed E-state index contributed by atoms with van der Waals surface area (Å²) < 4.78 is 7.13. The number of thiophene rings is 1. The molecule has 0 radical (unpaired) electrons. The van der Waals surface area contributed by atoms with E-state index in [-0.39, 0.29) is 28.7 Å². The molecule has 3 heterocycles. The van der Waals surface area contributed by atoms with Crippen molar-refractivity contribution in [2.24, 2.45) is 11.3 Å². The molecule has 0 unspecified atom stereocenters. The van der Waals surface area contributed by atoms with Gasteiger partial charge < -0.3 is 19.1 Å². The van der Waals surface area contributed by atoms with Crippen molar-refractivity contribution in [3.8, 4) is 5.75 Å². The largest absolute Gasteiger partial charge is 0.496 e. The third-order valence-corrected chi connectivity index (χ3v) is 8.31. The number of nitrogens with zero attached hydrogens (tertiary/aromatic N) is 3. The Labute approximate surface area is 199 Å². The molecular formula is C25H33N3O4S. The summed E-state index contributed by atoms with van der Waals surface area (Å²) in [4.78, 5) is 43.2. The average Bonchev–Trinajstić information content (AvgIpc) is 3.43. The summed E-state index contributed by atoms with van der Waals surface area (Å²) in [5.74, 6) is 0.387. The van der Waals surface area contributed by atoms with Gasteiger partial charge in [0, 0.05) is 57.3 Å². The number of hydrogen-bond donors (Lipinski definition) is 0. The van der Waals surface area contributed by atoms with Crippen LogP contribution in [0.1, 0.15) is 54.7 Å². The number of carbonyl (C=O) groups excluding carboxylic acids is 2. The molecule has 1 aliphatic carbocycles. The molecule has 2 aromatic rings. The van der Waals surface area contributed by atoms with Crippen LogP contribution in [0.25, 0.3) is 0 Å². The number of fused-ring (bicyclic) bond motifs is 1. The molecule has 7 nitrogen and oxygen atoms in total. The zero-order chi connectivity index (χ0) is 23.8. The van der Waals surface area contributed by atoms with Crippen LogP contribution in [-0.2, 0) is 24.3 Å². The molecule has 2 amide bonds. The van der Waals surface area contributed by atoms with Gasteiger partial charge in [-0.2, -0.15) is 11.3 Å². The molecular weight excluding hydrogens is 438 g/mol. The lowest BCUT2D eigenvalue weighted by molar-refractivity contribution is -0.133. The monoisotopic (exact) mass is 471 g/mol. The van der Waals surface area contributed by atoms with Crippen molar-refractivity contribution >= 4 is 23.2 Å². The van der Waals surface area contributed by atoms with Gasteiger partial charge in [0.05, 0.1) is 7.11 Å². The van der Waals surface area contributed by atoms with E-state index in [0.717, 1.165) is 24.8 Å². The Morgan fingerprint density at radius 1 is 1.24 bits per heavy atom. The lowest BCUT2D eigenvalue weighted by atomic mass is 9.96. The molecule has 0 spiro atoms. The van der Waals surface area contributed by atoms with E-state index in [1.165, 1.54) is 13.2 Å². The van der Waals surface area contributed by atoms with Gasteiger partial charge in [-0.05, 0) is 47.1 Å². The molecule has 2 aliphatic rings. The minimum atomic E-state index is -0.198. The molecule has 1 aliphatic heterocycles. The molecule has 0 saturated heterocycles. The first kappa shape index (κ1) is 23.5. The predicted octanol–water partition coefficient (Wildman–Crippen LogP) is 3.40. The van der Waals surface area contributed by atoms with Crippen LogP contribution in [-0.4, -0.2) is 53.4 Å². The molecule has 1 saturated carbocycles. The zero-order valence-corrected chi connectivity index (χ0v) is 20.7. The Bertz CT molecular complexity index is 1090. The van der Waals surface area contributed by atoms with E-state index >= 15 is 0 Å². The van der Waals surface area contributed by atoms with Crippen LogP contribution >= 0.6 is 11.3 Å². The fourth-order valence-electron chi connectivity index (χ4n) is 5.23. The summed E-state index contributed by atoms with van der Waals surface area (Å²) in [6.45, 7) is 6.16. The Morgan fingerprint density at radius 3 is 2.61 bits per heavy atom. The second-order valence-electron chi connectivity index (χ2n) is 9.22. The molecule has 2 aromatic heterocycles. The van der Waals surface area contributed by atoms with Gasteiger partial charge in [0.1, 0.15) is 11.3 Å². The maximum atomic E-state index is 13.5. The minimum Gasteiger partial charge on any atom is -0.496 e. The second-order valence-corrected chi connectivity index (χ2v) is 10.00. The van der Waals surface area contributed by atoms with Crippen molar-refractivity contribution < 1.29 is 14.3 Å². The first-order valence-electron chi connectivity index (χ1n) is 11.7. The van der Waals surface area contributed by atoms with Crippen LogP contribution in [0.3, 0.4) is 0 Å². The summed E-state index contributed by atoms with van der Waals surface area (Å²) >= 11 is 1.59. The minimum absolute atomic E-state index is 0.0813. The highest BCUT2D eigenvalue weighted by molar-refractivity contribution is 7.07. The average molecular weight is 472 g/mol. The summed E-state index contributed by atoms with van der Waals surface area (Å²) in [7, 11) is 3.24. The molecule has 0 aromatic carbocycles. The van der Waals surface area contributed by atoms with Crippen LogP contribution in [0.15, 0.2) is 27.7 Å². The van der Waals surface area contributed by atoms with Gasteiger partial charge in [0.15, 0.2) is 0 Å². The number of ether oxygens (including phenoxy) is 1. The van der Waals surface area contributed by atoms with Crippen molar-refractivity contribution in [1.29, 1.82) is 0 Å². The molecule has 4 rings (SSSR count). The van der Waals surface area contributed by atoms with Crippen molar-refractivity contribution in [2.45, 2.75) is 52.6 Å². The summed E-state index contributed by atoms with van der Waals surface area (Å²) in [6, 6.07) is 3.39. The summed E-state index contributed by atoms with van der Waals surface area (Å²) in [5, 5.41) is 4.00. The normalized spacial score (nSPS) is 18.9. The van der Waals surface area contributed by atoms with E-state index < -0.39 is 0 Å². The van der Waals surface area contributed by atoms with Gasteiger partial charge in [-0.25, -0.2) is 0 Å². The predicted molar refractivity (Wildman–Crippen MR) is 129 cm³/mol. The standard InChI is InChI=1S/C25H33N3O4S/c1-5-25(6-2)14-18(25)23(30)27-9-7-19-22(20(32-4)13-21(29)28(19)11-10-27)24(31)26(3)15-17-8-12-33-16-17/h8,12-13,16,18H,5-7,9-11,14-15H2,1-4H3/t18-/m0/s1. The van der Waals surface area contributed by atoms with Crippen LogP contribution in [0.5, 0.6) is 5.75 Å². The zero-order valence-electron chi connectivity index (χ0n) is 19.9. The highest BCUT2D eigenvalue weighted by Crippen LogP contribution is 2.58. The highest BCUT2D eigenvalue weighted by atomic mass is 32.1. The summed E-state index contributed by atoms with van der Waals surface area (Å²) in [5.41, 5.74) is 2.08. The molecule has 0 N–H and O–H groups in total. The summed E-state index contributed by atoms with van der Waals surface area (Å²) in [6.07, 6.45) is 3.43. The topological polar surface area (TPSA) is 71.9 Å². The molecule has 8 heteroatoms.